The second kappa shape index (κ2) is 5.65. The summed E-state index contributed by atoms with van der Waals surface area (Å²) < 4.78 is 5.41. The van der Waals surface area contributed by atoms with Crippen molar-refractivity contribution in [2.75, 3.05) is 0 Å². The molecule has 4 nitrogen and oxygen atoms in total. The van der Waals surface area contributed by atoms with Crippen molar-refractivity contribution in [1.82, 2.24) is 4.90 Å². The van der Waals surface area contributed by atoms with Gasteiger partial charge in [-0.05, 0) is 32.8 Å². The van der Waals surface area contributed by atoms with Gasteiger partial charge in [0.15, 0.2) is 0 Å². The molecule has 0 aromatic heterocycles. The molecule has 1 heterocycles. The van der Waals surface area contributed by atoms with E-state index >= 15 is 0 Å². The van der Waals surface area contributed by atoms with Crippen LogP contribution in [0.4, 0.5) is 0 Å². The molecule has 0 N–H and O–H groups in total. The standard InChI is InChI=1S/C16H21NO3/c1-16(2,3)20-15(19)13-9-10-14(18)17(13)11-12-7-5-4-6-8-12/h4-8,13H,9-11H2,1-3H3/t13-/m0/s1. The lowest BCUT2D eigenvalue weighted by molar-refractivity contribution is -0.162. The van der Waals surface area contributed by atoms with Gasteiger partial charge in [0.1, 0.15) is 11.6 Å². The van der Waals surface area contributed by atoms with Gasteiger partial charge in [0.2, 0.25) is 5.91 Å². The average molecular weight is 275 g/mol. The highest BCUT2D eigenvalue weighted by molar-refractivity contribution is 5.88. The molecule has 1 saturated heterocycles. The Morgan fingerprint density at radius 1 is 1.30 bits per heavy atom. The maximum atomic E-state index is 12.2. The van der Waals surface area contributed by atoms with Gasteiger partial charge in [0, 0.05) is 13.0 Å². The zero-order valence-electron chi connectivity index (χ0n) is 12.3. The van der Waals surface area contributed by atoms with Crippen molar-refractivity contribution in [3.63, 3.8) is 0 Å². The molecule has 1 aromatic carbocycles. The minimum atomic E-state index is -0.527. The molecule has 0 radical (unpaired) electrons. The molecule has 1 aliphatic rings. The minimum absolute atomic E-state index is 0.0183. The normalized spacial score (nSPS) is 19.2. The number of esters is 1. The van der Waals surface area contributed by atoms with Gasteiger partial charge in [0.05, 0.1) is 0 Å². The van der Waals surface area contributed by atoms with Crippen LogP contribution >= 0.6 is 0 Å². The van der Waals surface area contributed by atoms with Gasteiger partial charge >= 0.3 is 5.97 Å². The fourth-order valence-electron chi connectivity index (χ4n) is 2.33. The molecule has 1 aliphatic heterocycles. The number of ether oxygens (including phenoxy) is 1. The van der Waals surface area contributed by atoms with Gasteiger partial charge < -0.3 is 9.64 Å². The van der Waals surface area contributed by atoms with E-state index in [-0.39, 0.29) is 11.9 Å². The van der Waals surface area contributed by atoms with Crippen molar-refractivity contribution in [3.05, 3.63) is 35.9 Å². The number of amides is 1. The van der Waals surface area contributed by atoms with E-state index in [1.165, 1.54) is 0 Å². The summed E-state index contributed by atoms with van der Waals surface area (Å²) >= 11 is 0. The fraction of sp³-hybridized carbons (Fsp3) is 0.500. The summed E-state index contributed by atoms with van der Waals surface area (Å²) in [6.07, 6.45) is 0.956. The second-order valence-corrected chi connectivity index (χ2v) is 6.10. The average Bonchev–Trinajstić information content (AvgIpc) is 2.70. The van der Waals surface area contributed by atoms with E-state index in [4.69, 9.17) is 4.74 Å². The molecule has 4 heteroatoms. The number of hydrogen-bond donors (Lipinski definition) is 0. The third-order valence-electron chi connectivity index (χ3n) is 3.20. The largest absolute Gasteiger partial charge is 0.458 e. The van der Waals surface area contributed by atoms with E-state index in [0.717, 1.165) is 5.56 Å². The van der Waals surface area contributed by atoms with Crippen molar-refractivity contribution in [2.24, 2.45) is 0 Å². The zero-order valence-corrected chi connectivity index (χ0v) is 12.3. The zero-order chi connectivity index (χ0) is 14.8. The molecule has 0 spiro atoms. The number of benzene rings is 1. The predicted octanol–water partition coefficient (Wildman–Crippen LogP) is 2.52. The lowest BCUT2D eigenvalue weighted by Crippen LogP contribution is -2.41. The third kappa shape index (κ3) is 3.59. The van der Waals surface area contributed by atoms with Gasteiger partial charge in [-0.2, -0.15) is 0 Å². The Kier molecular flexibility index (Phi) is 4.12. The van der Waals surface area contributed by atoms with Crippen LogP contribution in [0.2, 0.25) is 0 Å². The van der Waals surface area contributed by atoms with Crippen molar-refractivity contribution < 1.29 is 14.3 Å². The van der Waals surface area contributed by atoms with Crippen LogP contribution in [0.25, 0.3) is 0 Å². The van der Waals surface area contributed by atoms with Crippen molar-refractivity contribution in [3.8, 4) is 0 Å². The molecule has 108 valence electrons. The Balaban J connectivity index is 2.09. The summed E-state index contributed by atoms with van der Waals surface area (Å²) in [6.45, 7) is 5.97. The topological polar surface area (TPSA) is 46.6 Å². The summed E-state index contributed by atoms with van der Waals surface area (Å²) in [5.41, 5.74) is 0.498. The van der Waals surface area contributed by atoms with E-state index in [2.05, 4.69) is 0 Å². The van der Waals surface area contributed by atoms with Crippen molar-refractivity contribution >= 4 is 11.9 Å². The van der Waals surface area contributed by atoms with Crippen LogP contribution in [-0.2, 0) is 20.9 Å². The number of carbonyl (C=O) groups is 2. The number of nitrogens with zero attached hydrogens (tertiary/aromatic N) is 1. The van der Waals surface area contributed by atoms with E-state index < -0.39 is 11.6 Å². The fourth-order valence-corrected chi connectivity index (χ4v) is 2.33. The van der Waals surface area contributed by atoms with Crippen LogP contribution in [-0.4, -0.2) is 28.4 Å². The molecule has 20 heavy (non-hydrogen) atoms. The molecular formula is C16H21NO3. The highest BCUT2D eigenvalue weighted by atomic mass is 16.6. The third-order valence-corrected chi connectivity index (χ3v) is 3.20. The predicted molar refractivity (Wildman–Crippen MR) is 75.9 cm³/mol. The maximum absolute atomic E-state index is 12.2. The lowest BCUT2D eigenvalue weighted by atomic mass is 10.1. The molecule has 0 aliphatic carbocycles. The van der Waals surface area contributed by atoms with E-state index in [1.807, 2.05) is 51.1 Å². The Morgan fingerprint density at radius 2 is 1.95 bits per heavy atom. The van der Waals surface area contributed by atoms with Gasteiger partial charge in [-0.3, -0.25) is 4.79 Å². The highest BCUT2D eigenvalue weighted by Gasteiger charge is 2.38. The molecule has 1 atom stereocenters. The van der Waals surface area contributed by atoms with E-state index in [0.29, 0.717) is 19.4 Å². The first-order chi connectivity index (χ1) is 9.37. The smallest absolute Gasteiger partial charge is 0.329 e. The molecule has 0 unspecified atom stereocenters. The monoisotopic (exact) mass is 275 g/mol. The maximum Gasteiger partial charge on any atom is 0.329 e. The summed E-state index contributed by atoms with van der Waals surface area (Å²) in [5, 5.41) is 0. The Hall–Kier alpha value is -1.84. The van der Waals surface area contributed by atoms with Crippen LogP contribution < -0.4 is 0 Å². The first kappa shape index (κ1) is 14.6. The molecule has 1 amide bonds. The van der Waals surface area contributed by atoms with E-state index in [9.17, 15) is 9.59 Å². The molecule has 0 bridgehead atoms. The van der Waals surface area contributed by atoms with Crippen LogP contribution in [0.3, 0.4) is 0 Å². The van der Waals surface area contributed by atoms with Crippen LogP contribution in [0.15, 0.2) is 30.3 Å². The molecule has 1 fully saturated rings. The van der Waals surface area contributed by atoms with Crippen molar-refractivity contribution in [1.29, 1.82) is 0 Å². The van der Waals surface area contributed by atoms with Crippen molar-refractivity contribution in [2.45, 2.75) is 51.8 Å². The number of hydrogen-bond acceptors (Lipinski definition) is 3. The Labute approximate surface area is 119 Å². The lowest BCUT2D eigenvalue weighted by Gasteiger charge is -2.27. The number of rotatable bonds is 3. The number of likely N-dealkylation sites (tertiary alicyclic amines) is 1. The van der Waals surface area contributed by atoms with Crippen LogP contribution in [0.1, 0.15) is 39.2 Å². The summed E-state index contributed by atoms with van der Waals surface area (Å²) in [4.78, 5) is 25.8. The summed E-state index contributed by atoms with van der Waals surface area (Å²) in [6, 6.07) is 9.24. The number of carbonyl (C=O) groups excluding carboxylic acids is 2. The van der Waals surface area contributed by atoms with Crippen LogP contribution in [0, 0.1) is 0 Å². The van der Waals surface area contributed by atoms with E-state index in [1.54, 1.807) is 4.90 Å². The second-order valence-electron chi connectivity index (χ2n) is 6.10. The summed E-state index contributed by atoms with van der Waals surface area (Å²) in [7, 11) is 0. The molecule has 2 rings (SSSR count). The molecule has 1 aromatic rings. The SMILES string of the molecule is CC(C)(C)OC(=O)[C@@H]1CCC(=O)N1Cc1ccccc1. The van der Waals surface area contributed by atoms with Gasteiger partial charge in [-0.1, -0.05) is 30.3 Å². The Bertz CT molecular complexity index is 490. The first-order valence-corrected chi connectivity index (χ1v) is 6.93. The van der Waals surface area contributed by atoms with Gasteiger partial charge in [-0.15, -0.1) is 0 Å². The first-order valence-electron chi connectivity index (χ1n) is 6.93. The minimum Gasteiger partial charge on any atom is -0.458 e. The van der Waals surface area contributed by atoms with Gasteiger partial charge in [-0.25, -0.2) is 4.79 Å². The van der Waals surface area contributed by atoms with Crippen LogP contribution in [0.5, 0.6) is 0 Å². The quantitative estimate of drug-likeness (QED) is 0.796. The van der Waals surface area contributed by atoms with Gasteiger partial charge in [0.25, 0.3) is 0 Å². The molecule has 0 saturated carbocycles. The summed E-state index contributed by atoms with van der Waals surface area (Å²) in [5.74, 6) is -0.288. The molecular weight excluding hydrogens is 254 g/mol. The Morgan fingerprint density at radius 3 is 2.55 bits per heavy atom. The highest BCUT2D eigenvalue weighted by Crippen LogP contribution is 2.24.